The minimum Gasteiger partial charge on any atom is -0.361 e. The summed E-state index contributed by atoms with van der Waals surface area (Å²) >= 11 is 0. The van der Waals surface area contributed by atoms with Gasteiger partial charge in [0, 0.05) is 35.8 Å². The molecule has 0 saturated carbocycles. The molecule has 0 atom stereocenters. The summed E-state index contributed by atoms with van der Waals surface area (Å²) in [6.45, 7) is 4.56. The highest BCUT2D eigenvalue weighted by atomic mass is 15.1. The average Bonchev–Trinajstić information content (AvgIpc) is 2.92. The van der Waals surface area contributed by atoms with Gasteiger partial charge in [-0.3, -0.25) is 4.90 Å². The first kappa shape index (κ1) is 13.4. The number of fused-ring (bicyclic) bond motifs is 1. The van der Waals surface area contributed by atoms with Gasteiger partial charge in [-0.05, 0) is 44.6 Å². The van der Waals surface area contributed by atoms with E-state index in [2.05, 4.69) is 51.7 Å². The molecule has 2 heterocycles. The molecule has 0 aliphatic carbocycles. The molecule has 0 unspecified atom stereocenters. The Balaban J connectivity index is 1.70. The van der Waals surface area contributed by atoms with Crippen molar-refractivity contribution in [2.45, 2.75) is 12.8 Å². The van der Waals surface area contributed by atoms with E-state index < -0.39 is 0 Å². The van der Waals surface area contributed by atoms with Crippen molar-refractivity contribution in [1.82, 2.24) is 15.2 Å². The number of nitrogens with one attached hydrogen (secondary N) is 2. The zero-order valence-electron chi connectivity index (χ0n) is 12.2. The molecule has 20 heavy (non-hydrogen) atoms. The van der Waals surface area contributed by atoms with E-state index in [1.807, 2.05) is 7.05 Å². The number of aromatic amines is 1. The summed E-state index contributed by atoms with van der Waals surface area (Å²) in [5.41, 5.74) is 4.11. The Morgan fingerprint density at radius 2 is 2.20 bits per heavy atom. The lowest BCUT2D eigenvalue weighted by Crippen LogP contribution is -2.30. The van der Waals surface area contributed by atoms with Crippen molar-refractivity contribution in [1.29, 1.82) is 0 Å². The Bertz CT molecular complexity index is 597. The van der Waals surface area contributed by atoms with Crippen LogP contribution in [0.25, 0.3) is 16.5 Å². The normalized spacial score (nSPS) is 16.6. The second kappa shape index (κ2) is 6.25. The Morgan fingerprint density at radius 1 is 1.30 bits per heavy atom. The van der Waals surface area contributed by atoms with Crippen molar-refractivity contribution in [3.05, 3.63) is 42.1 Å². The van der Waals surface area contributed by atoms with Gasteiger partial charge in [-0.15, -0.1) is 0 Å². The maximum absolute atomic E-state index is 3.38. The van der Waals surface area contributed by atoms with E-state index in [0.29, 0.717) is 0 Å². The molecule has 3 rings (SSSR count). The summed E-state index contributed by atoms with van der Waals surface area (Å²) in [6, 6.07) is 8.56. The molecule has 2 aromatic rings. The molecule has 0 amide bonds. The maximum atomic E-state index is 3.38. The molecule has 0 radical (unpaired) electrons. The van der Waals surface area contributed by atoms with Crippen molar-refractivity contribution in [3.8, 4) is 0 Å². The highest BCUT2D eigenvalue weighted by Crippen LogP contribution is 2.28. The van der Waals surface area contributed by atoms with Crippen LogP contribution < -0.4 is 5.32 Å². The lowest BCUT2D eigenvalue weighted by Gasteiger charge is -2.26. The Morgan fingerprint density at radius 3 is 3.00 bits per heavy atom. The average molecular weight is 269 g/mol. The number of rotatable bonds is 5. The Labute approximate surface area is 120 Å². The number of nitrogens with zero attached hydrogens (tertiary/aromatic N) is 1. The quantitative estimate of drug-likeness (QED) is 0.818. The first-order chi connectivity index (χ1) is 9.88. The summed E-state index contributed by atoms with van der Waals surface area (Å²) in [5, 5.41) is 4.56. The molecule has 2 N–H and O–H groups in total. The highest BCUT2D eigenvalue weighted by Gasteiger charge is 2.14. The smallest absolute Gasteiger partial charge is 0.0460 e. The van der Waals surface area contributed by atoms with Gasteiger partial charge in [0.15, 0.2) is 0 Å². The van der Waals surface area contributed by atoms with Crippen molar-refractivity contribution in [2.24, 2.45) is 0 Å². The van der Waals surface area contributed by atoms with E-state index in [-0.39, 0.29) is 0 Å². The SMILES string of the molecule is CNCCCN1CC=C(c2c[nH]c3ccccc23)CC1. The number of aromatic nitrogens is 1. The maximum Gasteiger partial charge on any atom is 0.0460 e. The number of para-hydroxylation sites is 1. The van der Waals surface area contributed by atoms with Gasteiger partial charge in [0.25, 0.3) is 0 Å². The van der Waals surface area contributed by atoms with Gasteiger partial charge in [0.05, 0.1) is 0 Å². The van der Waals surface area contributed by atoms with Gasteiger partial charge in [0.1, 0.15) is 0 Å². The van der Waals surface area contributed by atoms with E-state index in [4.69, 9.17) is 0 Å². The van der Waals surface area contributed by atoms with Crippen LogP contribution in [0.1, 0.15) is 18.4 Å². The summed E-state index contributed by atoms with van der Waals surface area (Å²) in [7, 11) is 2.02. The molecule has 1 aromatic heterocycles. The van der Waals surface area contributed by atoms with Crippen molar-refractivity contribution in [3.63, 3.8) is 0 Å². The molecule has 106 valence electrons. The summed E-state index contributed by atoms with van der Waals surface area (Å²) in [6.07, 6.45) is 6.94. The molecule has 1 aliphatic heterocycles. The standard InChI is InChI=1S/C17H23N3/c1-18-9-4-10-20-11-7-14(8-12-20)16-13-19-17-6-3-2-5-15(16)17/h2-3,5-7,13,18-19H,4,8-12H2,1H3. The lowest BCUT2D eigenvalue weighted by atomic mass is 9.99. The fourth-order valence-corrected chi connectivity index (χ4v) is 2.98. The van der Waals surface area contributed by atoms with Crippen LogP contribution in [0.3, 0.4) is 0 Å². The van der Waals surface area contributed by atoms with Crippen molar-refractivity contribution < 1.29 is 0 Å². The van der Waals surface area contributed by atoms with Gasteiger partial charge in [-0.2, -0.15) is 0 Å². The number of hydrogen-bond donors (Lipinski definition) is 2. The third-order valence-electron chi connectivity index (χ3n) is 4.13. The number of H-pyrrole nitrogens is 1. The van der Waals surface area contributed by atoms with Crippen LogP contribution in [-0.4, -0.2) is 43.1 Å². The van der Waals surface area contributed by atoms with Crippen molar-refractivity contribution >= 4 is 16.5 Å². The summed E-state index contributed by atoms with van der Waals surface area (Å²) < 4.78 is 0. The zero-order valence-corrected chi connectivity index (χ0v) is 12.2. The first-order valence-electron chi connectivity index (χ1n) is 7.51. The topological polar surface area (TPSA) is 31.1 Å². The third-order valence-corrected chi connectivity index (χ3v) is 4.13. The molecule has 0 fully saturated rings. The van der Waals surface area contributed by atoms with Gasteiger partial charge >= 0.3 is 0 Å². The van der Waals surface area contributed by atoms with Gasteiger partial charge in [-0.1, -0.05) is 24.3 Å². The van der Waals surface area contributed by atoms with Crippen LogP contribution in [0, 0.1) is 0 Å². The van der Waals surface area contributed by atoms with Crippen LogP contribution in [0.5, 0.6) is 0 Å². The van der Waals surface area contributed by atoms with Gasteiger partial charge < -0.3 is 10.3 Å². The molecule has 0 spiro atoms. The first-order valence-corrected chi connectivity index (χ1v) is 7.51. The molecular weight excluding hydrogens is 246 g/mol. The van der Waals surface area contributed by atoms with Crippen LogP contribution in [-0.2, 0) is 0 Å². The number of hydrogen-bond acceptors (Lipinski definition) is 2. The minimum atomic E-state index is 1.08. The van der Waals surface area contributed by atoms with Crippen LogP contribution >= 0.6 is 0 Å². The fraction of sp³-hybridized carbons (Fsp3) is 0.412. The summed E-state index contributed by atoms with van der Waals surface area (Å²) in [5.74, 6) is 0. The van der Waals surface area contributed by atoms with Crippen LogP contribution in [0.4, 0.5) is 0 Å². The second-order valence-corrected chi connectivity index (χ2v) is 5.49. The fourth-order valence-electron chi connectivity index (χ4n) is 2.98. The predicted octanol–water partition coefficient (Wildman–Crippen LogP) is 2.87. The van der Waals surface area contributed by atoms with Gasteiger partial charge in [0.2, 0.25) is 0 Å². The largest absolute Gasteiger partial charge is 0.361 e. The van der Waals surface area contributed by atoms with E-state index in [1.165, 1.54) is 41.5 Å². The van der Waals surface area contributed by atoms with Crippen molar-refractivity contribution in [2.75, 3.05) is 33.2 Å². The second-order valence-electron chi connectivity index (χ2n) is 5.49. The molecular formula is C17H23N3. The van der Waals surface area contributed by atoms with E-state index in [9.17, 15) is 0 Å². The molecule has 3 nitrogen and oxygen atoms in total. The highest BCUT2D eigenvalue weighted by molar-refractivity contribution is 5.92. The van der Waals surface area contributed by atoms with Gasteiger partial charge in [-0.25, -0.2) is 0 Å². The van der Waals surface area contributed by atoms with Crippen LogP contribution in [0.15, 0.2) is 36.5 Å². The molecule has 0 saturated heterocycles. The monoisotopic (exact) mass is 269 g/mol. The summed E-state index contributed by atoms with van der Waals surface area (Å²) in [4.78, 5) is 5.91. The molecule has 1 aliphatic rings. The Hall–Kier alpha value is -1.58. The third kappa shape index (κ3) is 2.79. The lowest BCUT2D eigenvalue weighted by molar-refractivity contribution is 0.297. The Kier molecular flexibility index (Phi) is 4.19. The van der Waals surface area contributed by atoms with E-state index in [1.54, 1.807) is 0 Å². The molecule has 3 heteroatoms. The minimum absolute atomic E-state index is 1.08. The molecule has 1 aromatic carbocycles. The van der Waals surface area contributed by atoms with E-state index >= 15 is 0 Å². The number of benzene rings is 1. The van der Waals surface area contributed by atoms with E-state index in [0.717, 1.165) is 19.5 Å². The van der Waals surface area contributed by atoms with Crippen LogP contribution in [0.2, 0.25) is 0 Å². The predicted molar refractivity (Wildman–Crippen MR) is 85.9 cm³/mol. The zero-order chi connectivity index (χ0) is 13.8. The molecule has 0 bridgehead atoms.